The molecule has 0 fully saturated rings. The standard InChI is InChI=1S/C2H5N3O2/c1-3-4-5(6)7-2/h1H2,2H3/q-2. The van der Waals surface area contributed by atoms with Gasteiger partial charge in [0.05, 0.1) is 7.11 Å². The Kier molecular flexibility index (Phi) is 3.21. The van der Waals surface area contributed by atoms with Gasteiger partial charge < -0.3 is 26.0 Å². The van der Waals surface area contributed by atoms with E-state index < -0.39 is 0 Å². The molecule has 0 aliphatic heterocycles. The van der Waals surface area contributed by atoms with Crippen molar-refractivity contribution in [1.29, 1.82) is 0 Å². The summed E-state index contributed by atoms with van der Waals surface area (Å²) >= 11 is 0. The van der Waals surface area contributed by atoms with Crippen molar-refractivity contribution in [2.75, 3.05) is 7.11 Å². The molecule has 0 spiro atoms. The van der Waals surface area contributed by atoms with Crippen molar-refractivity contribution < 1.29 is 4.84 Å². The highest BCUT2D eigenvalue weighted by molar-refractivity contribution is 5.24. The number of rotatable bonds is 3. The van der Waals surface area contributed by atoms with Gasteiger partial charge in [0.2, 0.25) is 0 Å². The lowest BCUT2D eigenvalue weighted by Gasteiger charge is -2.36. The van der Waals surface area contributed by atoms with Crippen LogP contribution in [0.5, 0.6) is 0 Å². The molecule has 0 aliphatic carbocycles. The van der Waals surface area contributed by atoms with Gasteiger partial charge in [-0.15, -0.1) is 0 Å². The topological polar surface area (TPSA) is 62.0 Å². The number of hydrogen-bond donors (Lipinski definition) is 0. The second-order valence-corrected chi connectivity index (χ2v) is 0.651. The normalized spacial score (nSPS) is 9.00. The van der Waals surface area contributed by atoms with Crippen LogP contribution in [0.2, 0.25) is 0 Å². The Morgan fingerprint density at radius 1 is 2.00 bits per heavy atom. The summed E-state index contributed by atoms with van der Waals surface area (Å²) in [5.41, 5.74) is 2.81. The van der Waals surface area contributed by atoms with Gasteiger partial charge in [-0.2, -0.15) is 0 Å². The summed E-state index contributed by atoms with van der Waals surface area (Å²) in [6, 6.07) is 0. The molecule has 42 valence electrons. The zero-order chi connectivity index (χ0) is 5.70. The minimum Gasteiger partial charge on any atom is -0.776 e. The van der Waals surface area contributed by atoms with Crippen LogP contribution in [0.1, 0.15) is 0 Å². The van der Waals surface area contributed by atoms with E-state index in [4.69, 9.17) is 0 Å². The van der Waals surface area contributed by atoms with E-state index in [1.807, 2.05) is 0 Å². The van der Waals surface area contributed by atoms with Crippen LogP contribution in [0.3, 0.4) is 0 Å². The van der Waals surface area contributed by atoms with Crippen LogP contribution in [-0.4, -0.2) is 19.2 Å². The Morgan fingerprint density at radius 2 is 2.57 bits per heavy atom. The molecule has 0 amide bonds. The molecule has 0 saturated heterocycles. The van der Waals surface area contributed by atoms with Crippen molar-refractivity contribution in [3.8, 4) is 0 Å². The molecule has 0 unspecified atom stereocenters. The van der Waals surface area contributed by atoms with Crippen LogP contribution in [-0.2, 0) is 4.84 Å². The van der Waals surface area contributed by atoms with Gasteiger partial charge in [-0.1, -0.05) is 0 Å². The van der Waals surface area contributed by atoms with E-state index in [2.05, 4.69) is 22.2 Å². The molecular weight excluding hydrogens is 98.0 g/mol. The zero-order valence-electron chi connectivity index (χ0n) is 3.87. The zero-order valence-corrected chi connectivity index (χ0v) is 3.87. The van der Waals surface area contributed by atoms with Crippen molar-refractivity contribution in [2.45, 2.75) is 0 Å². The summed E-state index contributed by atoms with van der Waals surface area (Å²) in [4.78, 5) is 3.97. The molecule has 0 heterocycles. The molecule has 0 bridgehead atoms. The third-order valence-corrected chi connectivity index (χ3v) is 0.292. The minimum atomic E-state index is -0.0486. The third kappa shape index (κ3) is 3.17. The molecule has 0 aromatic carbocycles. The van der Waals surface area contributed by atoms with E-state index in [0.29, 0.717) is 0 Å². The highest BCUT2D eigenvalue weighted by atomic mass is 16.9. The van der Waals surface area contributed by atoms with Crippen molar-refractivity contribution in [2.24, 2.45) is 5.10 Å². The molecule has 0 atom stereocenters. The molecule has 0 N–H and O–H groups in total. The molecule has 0 aromatic rings. The summed E-state index contributed by atoms with van der Waals surface area (Å²) < 4.78 is 0. The quantitative estimate of drug-likeness (QED) is 0.380. The summed E-state index contributed by atoms with van der Waals surface area (Å²) in [7, 11) is 1.18. The minimum absolute atomic E-state index is 0.0486. The first-order chi connectivity index (χ1) is 3.31. The summed E-state index contributed by atoms with van der Waals surface area (Å²) in [5.74, 6) is 0. The second kappa shape index (κ2) is 3.54. The van der Waals surface area contributed by atoms with Crippen LogP contribution in [0.15, 0.2) is 5.10 Å². The molecule has 0 radical (unpaired) electrons. The van der Waals surface area contributed by atoms with Gasteiger partial charge in [-0.3, -0.25) is 0 Å². The molecule has 0 rings (SSSR count). The van der Waals surface area contributed by atoms with Gasteiger partial charge in [0, 0.05) is 0 Å². The van der Waals surface area contributed by atoms with E-state index in [0.717, 1.165) is 0 Å². The second-order valence-electron chi connectivity index (χ2n) is 0.651. The summed E-state index contributed by atoms with van der Waals surface area (Å²) in [6.07, 6.45) is 0. The number of hydrogen-bond acceptors (Lipinski definition) is 4. The maximum Gasteiger partial charge on any atom is 0.0547 e. The van der Waals surface area contributed by atoms with Gasteiger partial charge >= 0.3 is 0 Å². The first kappa shape index (κ1) is 6.35. The SMILES string of the molecule is C=N[N-]N([O-])OC. The lowest BCUT2D eigenvalue weighted by Crippen LogP contribution is -2.04. The summed E-state index contributed by atoms with van der Waals surface area (Å²) in [6.45, 7) is 2.91. The average molecular weight is 103 g/mol. The monoisotopic (exact) mass is 103 g/mol. The molecule has 5 nitrogen and oxygen atoms in total. The van der Waals surface area contributed by atoms with Crippen LogP contribution in [0, 0.1) is 5.21 Å². The van der Waals surface area contributed by atoms with Gasteiger partial charge in [0.1, 0.15) is 0 Å². The lowest BCUT2D eigenvalue weighted by atomic mass is 11.7. The largest absolute Gasteiger partial charge is 0.776 e. The van der Waals surface area contributed by atoms with Gasteiger partial charge in [-0.05, 0) is 6.72 Å². The molecular formula is C2H5N3O2-2. The first-order valence-electron chi connectivity index (χ1n) is 1.49. The lowest BCUT2D eigenvalue weighted by molar-refractivity contribution is -0.0569. The van der Waals surface area contributed by atoms with E-state index >= 15 is 0 Å². The Hall–Kier alpha value is -0.650. The van der Waals surface area contributed by atoms with Crippen molar-refractivity contribution in [1.82, 2.24) is 5.34 Å². The Morgan fingerprint density at radius 3 is 2.71 bits per heavy atom. The molecule has 5 heteroatoms. The van der Waals surface area contributed by atoms with E-state index in [9.17, 15) is 5.21 Å². The predicted octanol–water partition coefficient (Wildman–Crippen LogP) is 0.252. The van der Waals surface area contributed by atoms with E-state index in [1.165, 1.54) is 7.11 Å². The highest BCUT2D eigenvalue weighted by Crippen LogP contribution is 1.92. The fourth-order valence-corrected chi connectivity index (χ4v) is 0.0882. The highest BCUT2D eigenvalue weighted by Gasteiger charge is 1.58. The first-order valence-corrected chi connectivity index (χ1v) is 1.49. The van der Waals surface area contributed by atoms with Crippen LogP contribution in [0.25, 0.3) is 5.53 Å². The van der Waals surface area contributed by atoms with E-state index in [1.54, 1.807) is 0 Å². The Balaban J connectivity index is 2.98. The molecule has 7 heavy (non-hydrogen) atoms. The maximum absolute atomic E-state index is 9.81. The molecule has 0 aromatic heterocycles. The number of nitrogens with zero attached hydrogens (tertiary/aromatic N) is 3. The fourth-order valence-electron chi connectivity index (χ4n) is 0.0882. The van der Waals surface area contributed by atoms with Gasteiger partial charge in [-0.25, -0.2) is 0 Å². The maximum atomic E-state index is 9.81. The molecule has 0 saturated carbocycles. The molecule has 0 aliphatic rings. The van der Waals surface area contributed by atoms with Gasteiger partial charge in [0.25, 0.3) is 0 Å². The van der Waals surface area contributed by atoms with Crippen LogP contribution < -0.4 is 0 Å². The predicted molar refractivity (Wildman–Crippen MR) is 25.1 cm³/mol. The smallest absolute Gasteiger partial charge is 0.0547 e. The fraction of sp³-hybridized carbons (Fsp3) is 0.500. The Labute approximate surface area is 41.1 Å². The van der Waals surface area contributed by atoms with Crippen molar-refractivity contribution in [3.63, 3.8) is 0 Å². The van der Waals surface area contributed by atoms with E-state index in [-0.39, 0.29) is 5.34 Å². The summed E-state index contributed by atoms with van der Waals surface area (Å²) in [5, 5.41) is 12.6. The van der Waals surface area contributed by atoms with Crippen LogP contribution in [0.4, 0.5) is 0 Å². The van der Waals surface area contributed by atoms with Crippen molar-refractivity contribution >= 4 is 6.72 Å². The van der Waals surface area contributed by atoms with Crippen molar-refractivity contribution in [3.05, 3.63) is 10.7 Å². The average Bonchev–Trinajstić information content (AvgIpc) is 1.68. The van der Waals surface area contributed by atoms with Crippen LogP contribution >= 0.6 is 0 Å². The third-order valence-electron chi connectivity index (χ3n) is 0.292. The van der Waals surface area contributed by atoms with Gasteiger partial charge in [0.15, 0.2) is 0 Å². The Bertz CT molecular complexity index is 56.9.